The molecule has 1 aliphatic rings. The van der Waals surface area contributed by atoms with Crippen LogP contribution in [0.4, 0.5) is 5.69 Å². The first kappa shape index (κ1) is 39.0. The second-order valence-corrected chi connectivity index (χ2v) is 18.7. The highest BCUT2D eigenvalue weighted by atomic mass is 35.5. The van der Waals surface area contributed by atoms with Crippen LogP contribution in [0, 0.1) is 17.0 Å². The van der Waals surface area contributed by atoms with Gasteiger partial charge in [-0.2, -0.15) is 4.31 Å². The van der Waals surface area contributed by atoms with Gasteiger partial charge in [0, 0.05) is 38.3 Å². The fourth-order valence-electron chi connectivity index (χ4n) is 6.18. The normalized spacial score (nSPS) is 13.6. The van der Waals surface area contributed by atoms with E-state index in [1.807, 2.05) is 0 Å². The van der Waals surface area contributed by atoms with Gasteiger partial charge in [-0.25, -0.2) is 13.2 Å². The van der Waals surface area contributed by atoms with Crippen LogP contribution in [0.3, 0.4) is 0 Å². The number of benzene rings is 5. The van der Waals surface area contributed by atoms with Crippen molar-refractivity contribution >= 4 is 108 Å². The van der Waals surface area contributed by atoms with E-state index in [1.54, 1.807) is 91.9 Å². The summed E-state index contributed by atoms with van der Waals surface area (Å²) in [6.45, 7) is -1.80. The van der Waals surface area contributed by atoms with Crippen molar-refractivity contribution in [2.75, 3.05) is 7.11 Å². The molecule has 5 aromatic carbocycles. The van der Waals surface area contributed by atoms with Gasteiger partial charge < -0.3 is 4.74 Å². The van der Waals surface area contributed by atoms with Crippen molar-refractivity contribution in [1.82, 2.24) is 4.31 Å². The second-order valence-electron chi connectivity index (χ2n) is 11.9. The molecule has 0 aliphatic carbocycles. The van der Waals surface area contributed by atoms with Crippen molar-refractivity contribution < 1.29 is 27.7 Å². The Morgan fingerprint density at radius 3 is 1.70 bits per heavy atom. The van der Waals surface area contributed by atoms with Crippen LogP contribution in [0.25, 0.3) is 5.70 Å². The Kier molecular flexibility index (Phi) is 11.3. The predicted molar refractivity (Wildman–Crippen MR) is 217 cm³/mol. The summed E-state index contributed by atoms with van der Waals surface area (Å²) in [7, 11) is -3.61. The number of hydrogen-bond donors (Lipinski definition) is 0. The lowest BCUT2D eigenvalue weighted by Gasteiger charge is -2.32. The fourth-order valence-corrected chi connectivity index (χ4v) is 12.6. The third-order valence-electron chi connectivity index (χ3n) is 8.64. The number of carbonyl (C=O) groups excluding carboxylic acids is 2. The van der Waals surface area contributed by atoms with E-state index in [1.165, 1.54) is 30.3 Å². The molecule has 0 radical (unpaired) electrons. The van der Waals surface area contributed by atoms with Gasteiger partial charge in [-0.05, 0) is 90.4 Å². The number of nitro groups is 1. The lowest BCUT2D eigenvalue weighted by molar-refractivity contribution is -0.384. The van der Waals surface area contributed by atoms with Gasteiger partial charge in [0.1, 0.15) is 5.02 Å². The average Bonchev–Trinajstić information content (AvgIpc) is 3.45. The Balaban J connectivity index is 1.94. The Bertz CT molecular complexity index is 2440. The number of sulfonamides is 1. The summed E-state index contributed by atoms with van der Waals surface area (Å²) in [5.41, 5.74) is -0.0997. The third-order valence-corrected chi connectivity index (χ3v) is 15.7. The summed E-state index contributed by atoms with van der Waals surface area (Å²) >= 11 is 25.5. The highest BCUT2D eigenvalue weighted by molar-refractivity contribution is 7.97. The van der Waals surface area contributed by atoms with Crippen LogP contribution < -0.4 is 15.9 Å². The van der Waals surface area contributed by atoms with Crippen LogP contribution in [0.5, 0.6) is 0 Å². The monoisotopic (exact) mass is 838 g/mol. The van der Waals surface area contributed by atoms with Crippen molar-refractivity contribution in [3.8, 4) is 0 Å². The number of amides is 1. The first-order valence-corrected chi connectivity index (χ1v) is 20.6. The van der Waals surface area contributed by atoms with E-state index in [9.17, 15) is 23.3 Å². The van der Waals surface area contributed by atoms with Crippen molar-refractivity contribution in [1.29, 1.82) is 0 Å². The summed E-state index contributed by atoms with van der Waals surface area (Å²) in [6.07, 6.45) is 2.34. The Hall–Kier alpha value is -4.67. The average molecular weight is 841 g/mol. The summed E-state index contributed by atoms with van der Waals surface area (Å²) in [5, 5.41) is 14.8. The van der Waals surface area contributed by atoms with Crippen LogP contribution in [-0.2, 0) is 24.3 Å². The fraction of sp³-hybridized carbons (Fsp3) is 0.0513. The van der Waals surface area contributed by atoms with Gasteiger partial charge in [0.15, 0.2) is 0 Å². The number of ether oxygens (including phenoxy) is 1. The number of hydrogen-bond acceptors (Lipinski definition) is 7. The molecule has 0 saturated carbocycles. The Morgan fingerprint density at radius 2 is 1.26 bits per heavy atom. The van der Waals surface area contributed by atoms with E-state index < -0.39 is 39.4 Å². The van der Waals surface area contributed by atoms with Crippen molar-refractivity contribution in [3.63, 3.8) is 0 Å². The highest BCUT2D eigenvalue weighted by Gasteiger charge is 2.48. The summed E-state index contributed by atoms with van der Waals surface area (Å²) in [5.74, 6) is -1.79. The largest absolute Gasteiger partial charge is 0.466 e. The molecule has 0 saturated heterocycles. The van der Waals surface area contributed by atoms with Crippen molar-refractivity contribution in [2.45, 2.75) is 11.8 Å². The maximum atomic E-state index is 15.7. The number of aryl methyl sites for hydroxylation is 1. The molecule has 1 heterocycles. The predicted octanol–water partition coefficient (Wildman–Crippen LogP) is 8.35. The van der Waals surface area contributed by atoms with Crippen LogP contribution in [-0.4, -0.2) is 41.9 Å². The summed E-state index contributed by atoms with van der Waals surface area (Å²) < 4.78 is 35.4. The molecule has 5 aromatic rings. The SMILES string of the molecule is COC(=O)/C=C/C1=C(c2ccc(Cl)c([N+](=O)[O-])c2)N(S(=O)(=O)c2ccc(C)cc2)C(=O)C1=P(c1ccc(Cl)cc1)(c1ccc(Cl)cc1)c1ccc(Cl)cc1. The minimum absolute atomic E-state index is 0.0223. The van der Waals surface area contributed by atoms with E-state index >= 15 is 4.79 Å². The topological polar surface area (TPSA) is 124 Å². The van der Waals surface area contributed by atoms with Crippen LogP contribution >= 0.6 is 53.3 Å². The molecule has 15 heteroatoms. The van der Waals surface area contributed by atoms with E-state index in [-0.39, 0.29) is 32.0 Å². The summed E-state index contributed by atoms with van der Waals surface area (Å²) in [4.78, 5) is 39.7. The van der Waals surface area contributed by atoms with Crippen LogP contribution in [0.1, 0.15) is 11.1 Å². The minimum atomic E-state index is -4.78. The number of halogens is 4. The standard InChI is InChI=1S/C39H27Cl4N2O7PS/c1-24-3-18-32(19-4-24)54(50,51)44-37(25-5-21-34(43)35(23-25)45(48)49)33(20-22-36(46)52-2)38(39(44)47)53(29-12-6-26(40)7-13-29,30-14-8-27(41)9-15-30)31-16-10-28(42)11-17-31/h3-23H,1-2H3/b22-20+. The maximum Gasteiger partial charge on any atom is 0.330 e. The highest BCUT2D eigenvalue weighted by Crippen LogP contribution is 2.53. The zero-order valence-corrected chi connectivity index (χ0v) is 33.0. The molecule has 274 valence electrons. The molecule has 0 fully saturated rings. The first-order valence-electron chi connectivity index (χ1n) is 15.9. The molecule has 1 amide bonds. The molecule has 0 N–H and O–H groups in total. The lowest BCUT2D eigenvalue weighted by atomic mass is 10.1. The van der Waals surface area contributed by atoms with Gasteiger partial charge in [0.25, 0.3) is 21.6 Å². The van der Waals surface area contributed by atoms with E-state index in [0.29, 0.717) is 35.3 Å². The zero-order valence-electron chi connectivity index (χ0n) is 28.2. The first-order chi connectivity index (χ1) is 25.7. The number of esters is 1. The minimum Gasteiger partial charge on any atom is -0.466 e. The van der Waals surface area contributed by atoms with E-state index in [4.69, 9.17) is 51.1 Å². The van der Waals surface area contributed by atoms with Gasteiger partial charge in [-0.3, -0.25) is 14.9 Å². The molecule has 0 aromatic heterocycles. The number of rotatable bonds is 9. The molecule has 1 aliphatic heterocycles. The van der Waals surface area contributed by atoms with Gasteiger partial charge in [-0.15, -0.1) is 0 Å². The zero-order chi connectivity index (χ0) is 38.9. The number of nitrogens with zero attached hydrogens (tertiary/aromatic N) is 2. The quantitative estimate of drug-likeness (QED) is 0.0481. The number of nitro benzene ring substituents is 1. The van der Waals surface area contributed by atoms with Crippen LogP contribution in [0.2, 0.25) is 20.1 Å². The lowest BCUT2D eigenvalue weighted by Crippen LogP contribution is -2.38. The van der Waals surface area contributed by atoms with E-state index in [2.05, 4.69) is 0 Å². The molecular weight excluding hydrogens is 813 g/mol. The number of allylic oxidation sites excluding steroid dienone is 1. The number of methoxy groups -OCH3 is 1. The molecule has 0 atom stereocenters. The Morgan fingerprint density at radius 1 is 0.778 bits per heavy atom. The third kappa shape index (κ3) is 7.13. The molecule has 54 heavy (non-hydrogen) atoms. The smallest absolute Gasteiger partial charge is 0.330 e. The molecule has 0 spiro atoms. The second kappa shape index (κ2) is 15.6. The van der Waals surface area contributed by atoms with Crippen molar-refractivity contribution in [3.05, 3.63) is 174 Å². The van der Waals surface area contributed by atoms with E-state index in [0.717, 1.165) is 24.8 Å². The Labute approximate surface area is 331 Å². The molecular formula is C39H27Cl4N2O7PS. The molecule has 0 bridgehead atoms. The summed E-state index contributed by atoms with van der Waals surface area (Å²) in [6, 6.07) is 29.9. The molecule has 0 unspecified atom stereocenters. The van der Waals surface area contributed by atoms with Crippen molar-refractivity contribution in [2.24, 2.45) is 0 Å². The van der Waals surface area contributed by atoms with Gasteiger partial charge in [-0.1, -0.05) is 107 Å². The van der Waals surface area contributed by atoms with Gasteiger partial charge >= 0.3 is 5.97 Å². The van der Waals surface area contributed by atoms with Gasteiger partial charge in [0.2, 0.25) is 0 Å². The van der Waals surface area contributed by atoms with Gasteiger partial charge in [0.05, 0.1) is 27.9 Å². The number of carbonyl (C=O) groups is 2. The molecule has 9 nitrogen and oxygen atoms in total. The molecule has 6 rings (SSSR count). The maximum absolute atomic E-state index is 15.7. The van der Waals surface area contributed by atoms with Crippen LogP contribution in [0.15, 0.2) is 138 Å².